The standard InChI is InChI=1S/C22H30ClN3O4/c1-21(2,30-20(24)29)10-11-22(15-4-3-5-16(23)12-15)8-6-17(7-9-22)26-14-18(27)25-13-19(26)28/h3-5,12,17H,6-11,13-14H2,1-2H3,(H2,24,29)(H,25,27). The van der Waals surface area contributed by atoms with Gasteiger partial charge >= 0.3 is 6.09 Å². The van der Waals surface area contributed by atoms with E-state index >= 15 is 0 Å². The van der Waals surface area contributed by atoms with E-state index in [2.05, 4.69) is 11.4 Å². The van der Waals surface area contributed by atoms with Crippen molar-refractivity contribution in [3.8, 4) is 0 Å². The van der Waals surface area contributed by atoms with Crippen molar-refractivity contribution in [3.63, 3.8) is 0 Å². The molecule has 0 unspecified atom stereocenters. The maximum atomic E-state index is 12.3. The normalized spacial score (nSPS) is 25.0. The third-order valence-electron chi connectivity index (χ3n) is 6.44. The Morgan fingerprint density at radius 2 is 2.03 bits per heavy atom. The van der Waals surface area contributed by atoms with Crippen LogP contribution < -0.4 is 11.1 Å². The van der Waals surface area contributed by atoms with Crippen molar-refractivity contribution >= 4 is 29.5 Å². The summed E-state index contributed by atoms with van der Waals surface area (Å²) in [6, 6.07) is 7.97. The molecule has 1 aromatic rings. The second kappa shape index (κ2) is 8.84. The molecule has 3 N–H and O–H groups in total. The van der Waals surface area contributed by atoms with Gasteiger partial charge in [0.05, 0.1) is 13.1 Å². The Hall–Kier alpha value is -2.28. The van der Waals surface area contributed by atoms with Crippen molar-refractivity contribution in [1.82, 2.24) is 10.2 Å². The van der Waals surface area contributed by atoms with Gasteiger partial charge in [0.2, 0.25) is 11.8 Å². The summed E-state index contributed by atoms with van der Waals surface area (Å²) in [6.07, 6.45) is 4.01. The summed E-state index contributed by atoms with van der Waals surface area (Å²) in [4.78, 5) is 37.1. The first-order chi connectivity index (χ1) is 14.1. The van der Waals surface area contributed by atoms with Gasteiger partial charge in [-0.2, -0.15) is 0 Å². The van der Waals surface area contributed by atoms with E-state index in [9.17, 15) is 14.4 Å². The molecule has 164 valence electrons. The summed E-state index contributed by atoms with van der Waals surface area (Å²) in [5.74, 6) is -0.127. The van der Waals surface area contributed by atoms with Gasteiger partial charge in [0, 0.05) is 11.1 Å². The highest BCUT2D eigenvalue weighted by Crippen LogP contribution is 2.46. The highest BCUT2D eigenvalue weighted by atomic mass is 35.5. The molecular formula is C22H30ClN3O4. The van der Waals surface area contributed by atoms with Crippen LogP contribution in [0.2, 0.25) is 5.02 Å². The summed E-state index contributed by atoms with van der Waals surface area (Å²) in [7, 11) is 0. The van der Waals surface area contributed by atoms with Gasteiger partial charge in [0.25, 0.3) is 0 Å². The fourth-order valence-corrected chi connectivity index (χ4v) is 4.93. The lowest BCUT2D eigenvalue weighted by Gasteiger charge is -2.45. The van der Waals surface area contributed by atoms with Crippen LogP contribution in [0.3, 0.4) is 0 Å². The van der Waals surface area contributed by atoms with Gasteiger partial charge in [-0.15, -0.1) is 0 Å². The van der Waals surface area contributed by atoms with Gasteiger partial charge < -0.3 is 20.7 Å². The molecule has 0 atom stereocenters. The lowest BCUT2D eigenvalue weighted by atomic mass is 9.64. The van der Waals surface area contributed by atoms with Crippen molar-refractivity contribution in [2.75, 3.05) is 13.1 Å². The number of nitrogens with two attached hydrogens (primary N) is 1. The number of carbonyl (C=O) groups is 3. The molecule has 3 amide bonds. The predicted octanol–water partition coefficient (Wildman–Crippen LogP) is 3.13. The number of primary amides is 1. The Morgan fingerprint density at radius 1 is 1.33 bits per heavy atom. The second-order valence-corrected chi connectivity index (χ2v) is 9.44. The summed E-state index contributed by atoms with van der Waals surface area (Å²) >= 11 is 6.29. The lowest BCUT2D eigenvalue weighted by Crippen LogP contribution is -2.56. The molecule has 0 spiro atoms. The van der Waals surface area contributed by atoms with Gasteiger partial charge in [-0.3, -0.25) is 9.59 Å². The Labute approximate surface area is 182 Å². The summed E-state index contributed by atoms with van der Waals surface area (Å²) in [6.45, 7) is 3.93. The van der Waals surface area contributed by atoms with Crippen molar-refractivity contribution in [2.45, 2.75) is 69.4 Å². The van der Waals surface area contributed by atoms with Crippen LogP contribution >= 0.6 is 11.6 Å². The zero-order chi connectivity index (χ0) is 21.9. The number of halogens is 1. The monoisotopic (exact) mass is 435 g/mol. The second-order valence-electron chi connectivity index (χ2n) is 9.00. The first-order valence-corrected chi connectivity index (χ1v) is 10.8. The summed E-state index contributed by atoms with van der Waals surface area (Å²) in [5.41, 5.74) is 5.58. The van der Waals surface area contributed by atoms with Crippen LogP contribution in [0.4, 0.5) is 4.79 Å². The molecule has 1 aliphatic heterocycles. The molecular weight excluding hydrogens is 406 g/mol. The highest BCUT2D eigenvalue weighted by molar-refractivity contribution is 6.30. The van der Waals surface area contributed by atoms with E-state index in [1.54, 1.807) is 4.90 Å². The van der Waals surface area contributed by atoms with Gasteiger partial charge in [-0.1, -0.05) is 23.7 Å². The van der Waals surface area contributed by atoms with Crippen molar-refractivity contribution in [1.29, 1.82) is 0 Å². The zero-order valence-corrected chi connectivity index (χ0v) is 18.3. The topological polar surface area (TPSA) is 102 Å². The summed E-state index contributed by atoms with van der Waals surface area (Å²) in [5, 5.41) is 3.29. The molecule has 8 heteroatoms. The van der Waals surface area contributed by atoms with E-state index in [1.165, 1.54) is 0 Å². The van der Waals surface area contributed by atoms with Crippen LogP contribution in [0.1, 0.15) is 57.9 Å². The Kier molecular flexibility index (Phi) is 6.60. The van der Waals surface area contributed by atoms with Crippen molar-refractivity contribution in [3.05, 3.63) is 34.9 Å². The number of ether oxygens (including phenoxy) is 1. The van der Waals surface area contributed by atoms with Gasteiger partial charge in [-0.05, 0) is 75.5 Å². The molecule has 1 heterocycles. The van der Waals surface area contributed by atoms with E-state index in [1.807, 2.05) is 32.0 Å². The van der Waals surface area contributed by atoms with Crippen LogP contribution in [-0.2, 0) is 19.7 Å². The number of carbonyl (C=O) groups excluding carboxylic acids is 3. The number of amides is 3. The average Bonchev–Trinajstić information content (AvgIpc) is 2.68. The summed E-state index contributed by atoms with van der Waals surface area (Å²) < 4.78 is 5.29. The number of hydrogen-bond acceptors (Lipinski definition) is 4. The molecule has 1 aromatic carbocycles. The average molecular weight is 436 g/mol. The minimum absolute atomic E-state index is 0.0224. The van der Waals surface area contributed by atoms with Gasteiger partial charge in [0.1, 0.15) is 5.60 Å². The Morgan fingerprint density at radius 3 is 2.67 bits per heavy atom. The minimum atomic E-state index is -0.776. The molecule has 0 radical (unpaired) electrons. The number of nitrogens with zero attached hydrogens (tertiary/aromatic N) is 1. The molecule has 0 aromatic heterocycles. The van der Waals surface area contributed by atoms with Crippen LogP contribution in [0.15, 0.2) is 24.3 Å². The first kappa shape index (κ1) is 22.4. The molecule has 7 nitrogen and oxygen atoms in total. The zero-order valence-electron chi connectivity index (χ0n) is 17.6. The fourth-order valence-electron chi connectivity index (χ4n) is 4.74. The maximum Gasteiger partial charge on any atom is 0.405 e. The highest BCUT2D eigenvalue weighted by Gasteiger charge is 2.41. The number of rotatable bonds is 6. The Bertz CT molecular complexity index is 818. The first-order valence-electron chi connectivity index (χ1n) is 10.4. The van der Waals surface area contributed by atoms with E-state index in [4.69, 9.17) is 22.1 Å². The van der Waals surface area contributed by atoms with Gasteiger partial charge in [-0.25, -0.2) is 4.79 Å². The van der Waals surface area contributed by atoms with Crippen molar-refractivity contribution in [2.24, 2.45) is 5.73 Å². The fraction of sp³-hybridized carbons (Fsp3) is 0.591. The van der Waals surface area contributed by atoms with E-state index < -0.39 is 11.7 Å². The van der Waals surface area contributed by atoms with Crippen LogP contribution in [-0.4, -0.2) is 47.5 Å². The SMILES string of the molecule is CC(C)(CCC1(c2cccc(Cl)c2)CCC(N2CC(=O)NCC2=O)CC1)OC(N)=O. The largest absolute Gasteiger partial charge is 0.444 e. The smallest absolute Gasteiger partial charge is 0.405 e. The molecule has 3 rings (SSSR count). The van der Waals surface area contributed by atoms with Crippen LogP contribution in [0.5, 0.6) is 0 Å². The molecule has 1 saturated carbocycles. The minimum Gasteiger partial charge on any atom is -0.444 e. The molecule has 30 heavy (non-hydrogen) atoms. The maximum absolute atomic E-state index is 12.3. The van der Waals surface area contributed by atoms with Crippen LogP contribution in [0, 0.1) is 0 Å². The molecule has 1 saturated heterocycles. The molecule has 0 bridgehead atoms. The van der Waals surface area contributed by atoms with Crippen LogP contribution in [0.25, 0.3) is 0 Å². The number of benzene rings is 1. The van der Waals surface area contributed by atoms with E-state index in [0.29, 0.717) is 11.4 Å². The third kappa shape index (κ3) is 5.25. The quantitative estimate of drug-likeness (QED) is 0.716. The predicted molar refractivity (Wildman–Crippen MR) is 114 cm³/mol. The third-order valence-corrected chi connectivity index (χ3v) is 6.68. The van der Waals surface area contributed by atoms with Gasteiger partial charge in [0.15, 0.2) is 0 Å². The number of hydrogen-bond donors (Lipinski definition) is 2. The lowest BCUT2D eigenvalue weighted by molar-refractivity contribution is -0.143. The van der Waals surface area contributed by atoms with Crippen molar-refractivity contribution < 1.29 is 19.1 Å². The van der Waals surface area contributed by atoms with E-state index in [0.717, 1.165) is 37.7 Å². The molecule has 2 fully saturated rings. The number of piperazine rings is 1. The molecule has 1 aliphatic carbocycles. The number of nitrogens with one attached hydrogen (secondary N) is 1. The Balaban J connectivity index is 1.77. The molecule has 2 aliphatic rings. The van der Waals surface area contributed by atoms with E-state index in [-0.39, 0.29) is 36.4 Å².